The van der Waals surface area contributed by atoms with Gasteiger partial charge in [0.05, 0.1) is 12.2 Å². The van der Waals surface area contributed by atoms with E-state index in [9.17, 15) is 4.79 Å². The van der Waals surface area contributed by atoms with Crippen molar-refractivity contribution in [1.29, 1.82) is 0 Å². The number of carbonyl (C=O) groups is 1. The zero-order valence-corrected chi connectivity index (χ0v) is 13.0. The number of nitrogens with zero attached hydrogens (tertiary/aromatic N) is 2. The predicted octanol–water partition coefficient (Wildman–Crippen LogP) is 2.30. The van der Waals surface area contributed by atoms with Gasteiger partial charge in [0.2, 0.25) is 0 Å². The van der Waals surface area contributed by atoms with E-state index in [1.807, 2.05) is 42.9 Å². The van der Waals surface area contributed by atoms with Crippen molar-refractivity contribution >= 4 is 5.91 Å². The molecule has 5 nitrogen and oxygen atoms in total. The number of hydrogen-bond acceptors (Lipinski definition) is 3. The summed E-state index contributed by atoms with van der Waals surface area (Å²) in [6.45, 7) is 2.42. The van der Waals surface area contributed by atoms with Crippen LogP contribution in [-0.2, 0) is 18.4 Å². The first-order valence-electron chi connectivity index (χ1n) is 7.61. The summed E-state index contributed by atoms with van der Waals surface area (Å²) in [6.07, 6.45) is 2.49. The zero-order chi connectivity index (χ0) is 15.5. The minimum Gasteiger partial charge on any atom is -0.484 e. The van der Waals surface area contributed by atoms with Crippen LogP contribution in [0, 0.1) is 6.92 Å². The first kappa shape index (κ1) is 14.6. The first-order valence-corrected chi connectivity index (χ1v) is 7.61. The number of aromatic nitrogens is 2. The summed E-state index contributed by atoms with van der Waals surface area (Å²) in [6, 6.07) is 9.75. The van der Waals surface area contributed by atoms with Crippen LogP contribution in [0.4, 0.5) is 0 Å². The standard InChI is InChI=1S/C17H21N3O2/c1-12-5-3-4-6-16(12)22-11-17(21)18-10-14-9-15(13-7-8-13)20(2)19-14/h3-6,9,13H,7-8,10-11H2,1-2H3,(H,18,21). The number of amides is 1. The summed E-state index contributed by atoms with van der Waals surface area (Å²) in [5.74, 6) is 1.26. The van der Waals surface area contributed by atoms with Crippen molar-refractivity contribution in [2.45, 2.75) is 32.2 Å². The van der Waals surface area contributed by atoms with Gasteiger partial charge in [-0.3, -0.25) is 9.48 Å². The molecule has 3 rings (SSSR count). The largest absolute Gasteiger partial charge is 0.484 e. The maximum absolute atomic E-state index is 11.9. The normalized spacial score (nSPS) is 13.9. The van der Waals surface area contributed by atoms with Gasteiger partial charge in [0, 0.05) is 18.7 Å². The molecule has 1 aromatic carbocycles. The maximum Gasteiger partial charge on any atom is 0.258 e. The smallest absolute Gasteiger partial charge is 0.258 e. The van der Waals surface area contributed by atoms with Crippen LogP contribution in [0.2, 0.25) is 0 Å². The molecule has 0 radical (unpaired) electrons. The van der Waals surface area contributed by atoms with Gasteiger partial charge in [-0.05, 0) is 37.5 Å². The number of para-hydroxylation sites is 1. The highest BCUT2D eigenvalue weighted by Gasteiger charge is 2.27. The molecular formula is C17H21N3O2. The first-order chi connectivity index (χ1) is 10.6. The van der Waals surface area contributed by atoms with Gasteiger partial charge in [-0.15, -0.1) is 0 Å². The summed E-state index contributed by atoms with van der Waals surface area (Å²) in [4.78, 5) is 11.9. The molecule has 1 aliphatic rings. The number of rotatable bonds is 6. The highest BCUT2D eigenvalue weighted by molar-refractivity contribution is 5.77. The Labute approximate surface area is 130 Å². The predicted molar refractivity (Wildman–Crippen MR) is 83.7 cm³/mol. The summed E-state index contributed by atoms with van der Waals surface area (Å²) < 4.78 is 7.45. The van der Waals surface area contributed by atoms with E-state index in [2.05, 4.69) is 16.5 Å². The van der Waals surface area contributed by atoms with Gasteiger partial charge in [0.25, 0.3) is 5.91 Å². The molecule has 2 aromatic rings. The monoisotopic (exact) mass is 299 g/mol. The second-order valence-corrected chi connectivity index (χ2v) is 5.79. The molecule has 0 aliphatic heterocycles. The molecule has 116 valence electrons. The van der Waals surface area contributed by atoms with E-state index in [0.29, 0.717) is 12.5 Å². The van der Waals surface area contributed by atoms with E-state index in [1.54, 1.807) is 0 Å². The Balaban J connectivity index is 1.48. The average molecular weight is 299 g/mol. The van der Waals surface area contributed by atoms with Crippen molar-refractivity contribution in [2.75, 3.05) is 6.61 Å². The second kappa shape index (κ2) is 6.22. The van der Waals surface area contributed by atoms with Gasteiger partial charge < -0.3 is 10.1 Å². The molecule has 1 aromatic heterocycles. The minimum atomic E-state index is -0.137. The summed E-state index contributed by atoms with van der Waals surface area (Å²) in [5, 5.41) is 7.29. The molecule has 1 amide bonds. The van der Waals surface area contributed by atoms with Crippen LogP contribution in [0.25, 0.3) is 0 Å². The summed E-state index contributed by atoms with van der Waals surface area (Å²) in [7, 11) is 1.96. The van der Waals surface area contributed by atoms with Crippen molar-refractivity contribution in [1.82, 2.24) is 15.1 Å². The third-order valence-corrected chi connectivity index (χ3v) is 3.88. The van der Waals surface area contributed by atoms with Crippen molar-refractivity contribution in [2.24, 2.45) is 7.05 Å². The van der Waals surface area contributed by atoms with Crippen LogP contribution in [-0.4, -0.2) is 22.3 Å². The summed E-state index contributed by atoms with van der Waals surface area (Å²) >= 11 is 0. The van der Waals surface area contributed by atoms with Gasteiger partial charge in [-0.25, -0.2) is 0 Å². The molecule has 1 saturated carbocycles. The number of aryl methyl sites for hydroxylation is 2. The van der Waals surface area contributed by atoms with Gasteiger partial charge in [0.15, 0.2) is 6.61 Å². The highest BCUT2D eigenvalue weighted by atomic mass is 16.5. The Morgan fingerprint density at radius 1 is 1.41 bits per heavy atom. The van der Waals surface area contributed by atoms with Gasteiger partial charge in [-0.2, -0.15) is 5.10 Å². The van der Waals surface area contributed by atoms with Crippen LogP contribution >= 0.6 is 0 Å². The fourth-order valence-corrected chi connectivity index (χ4v) is 2.49. The van der Waals surface area contributed by atoms with E-state index in [4.69, 9.17) is 4.74 Å². The Kier molecular flexibility index (Phi) is 4.13. The SMILES string of the molecule is Cc1ccccc1OCC(=O)NCc1cc(C2CC2)n(C)n1. The molecular weight excluding hydrogens is 278 g/mol. The van der Waals surface area contributed by atoms with E-state index in [1.165, 1.54) is 18.5 Å². The molecule has 1 heterocycles. The lowest BCUT2D eigenvalue weighted by Gasteiger charge is -2.08. The minimum absolute atomic E-state index is 0.0210. The zero-order valence-electron chi connectivity index (χ0n) is 13.0. The van der Waals surface area contributed by atoms with Gasteiger partial charge >= 0.3 is 0 Å². The quantitative estimate of drug-likeness (QED) is 0.890. The molecule has 1 fully saturated rings. The van der Waals surface area contributed by atoms with Crippen LogP contribution in [0.15, 0.2) is 30.3 Å². The molecule has 0 atom stereocenters. The molecule has 1 aliphatic carbocycles. The Bertz CT molecular complexity index is 674. The Morgan fingerprint density at radius 2 is 2.18 bits per heavy atom. The fourth-order valence-electron chi connectivity index (χ4n) is 2.49. The molecule has 0 bridgehead atoms. The van der Waals surface area contributed by atoms with Gasteiger partial charge in [-0.1, -0.05) is 18.2 Å². The second-order valence-electron chi connectivity index (χ2n) is 5.79. The number of ether oxygens (including phenoxy) is 1. The molecule has 0 unspecified atom stereocenters. The van der Waals surface area contributed by atoms with E-state index in [0.717, 1.165) is 17.0 Å². The Hall–Kier alpha value is -2.30. The topological polar surface area (TPSA) is 56.1 Å². The van der Waals surface area contributed by atoms with Crippen LogP contribution < -0.4 is 10.1 Å². The van der Waals surface area contributed by atoms with Crippen LogP contribution in [0.5, 0.6) is 5.75 Å². The molecule has 0 saturated heterocycles. The van der Waals surface area contributed by atoms with E-state index < -0.39 is 0 Å². The van der Waals surface area contributed by atoms with Crippen molar-refractivity contribution in [3.05, 3.63) is 47.3 Å². The third-order valence-electron chi connectivity index (χ3n) is 3.88. The number of carbonyl (C=O) groups excluding carboxylic acids is 1. The van der Waals surface area contributed by atoms with Crippen molar-refractivity contribution < 1.29 is 9.53 Å². The third kappa shape index (κ3) is 3.47. The Morgan fingerprint density at radius 3 is 2.91 bits per heavy atom. The van der Waals surface area contributed by atoms with Crippen LogP contribution in [0.1, 0.15) is 35.7 Å². The lowest BCUT2D eigenvalue weighted by molar-refractivity contribution is -0.123. The molecule has 1 N–H and O–H groups in total. The van der Waals surface area contributed by atoms with E-state index >= 15 is 0 Å². The summed E-state index contributed by atoms with van der Waals surface area (Å²) in [5.41, 5.74) is 3.18. The lowest BCUT2D eigenvalue weighted by Crippen LogP contribution is -2.28. The van der Waals surface area contributed by atoms with Crippen molar-refractivity contribution in [3.8, 4) is 5.75 Å². The van der Waals surface area contributed by atoms with Gasteiger partial charge in [0.1, 0.15) is 5.75 Å². The maximum atomic E-state index is 11.9. The molecule has 0 spiro atoms. The fraction of sp³-hybridized carbons (Fsp3) is 0.412. The highest BCUT2D eigenvalue weighted by Crippen LogP contribution is 2.39. The number of benzene rings is 1. The van der Waals surface area contributed by atoms with Crippen LogP contribution in [0.3, 0.4) is 0 Å². The number of hydrogen-bond donors (Lipinski definition) is 1. The molecule has 5 heteroatoms. The van der Waals surface area contributed by atoms with Crippen molar-refractivity contribution in [3.63, 3.8) is 0 Å². The van der Waals surface area contributed by atoms with E-state index in [-0.39, 0.29) is 12.5 Å². The number of nitrogens with one attached hydrogen (secondary N) is 1. The lowest BCUT2D eigenvalue weighted by atomic mass is 10.2. The average Bonchev–Trinajstić information content (AvgIpc) is 3.28. The molecule has 22 heavy (non-hydrogen) atoms.